The Labute approximate surface area is 143 Å². The first-order valence-electron chi connectivity index (χ1n) is 8.41. The third-order valence-electron chi connectivity index (χ3n) is 3.36. The molecule has 0 fully saturated rings. The SMILES string of the molecule is [2H]CC(=O)N[C@@H](COCc1ccccc1)C(=O)NCc1ccccc1. The Kier molecular flexibility index (Phi) is 6.40. The first-order valence-corrected chi connectivity index (χ1v) is 7.71. The van der Waals surface area contributed by atoms with Crippen molar-refractivity contribution in [3.8, 4) is 0 Å². The van der Waals surface area contributed by atoms with E-state index in [1.165, 1.54) is 0 Å². The minimum Gasteiger partial charge on any atom is -0.374 e. The lowest BCUT2D eigenvalue weighted by Crippen LogP contribution is -2.48. The van der Waals surface area contributed by atoms with Gasteiger partial charge in [0.2, 0.25) is 11.8 Å². The number of amides is 2. The van der Waals surface area contributed by atoms with Crippen LogP contribution in [0.2, 0.25) is 0 Å². The van der Waals surface area contributed by atoms with Gasteiger partial charge in [0.1, 0.15) is 6.04 Å². The fourth-order valence-corrected chi connectivity index (χ4v) is 2.15. The van der Waals surface area contributed by atoms with E-state index in [0.29, 0.717) is 13.2 Å². The Morgan fingerprint density at radius 3 is 2.29 bits per heavy atom. The average Bonchev–Trinajstić information content (AvgIpc) is 2.66. The summed E-state index contributed by atoms with van der Waals surface area (Å²) in [6.07, 6.45) is 0. The Morgan fingerprint density at radius 2 is 1.67 bits per heavy atom. The van der Waals surface area contributed by atoms with Gasteiger partial charge >= 0.3 is 0 Å². The molecule has 5 heteroatoms. The summed E-state index contributed by atoms with van der Waals surface area (Å²) in [5.41, 5.74) is 1.95. The summed E-state index contributed by atoms with van der Waals surface area (Å²) in [6, 6.07) is 18.2. The van der Waals surface area contributed by atoms with Crippen molar-refractivity contribution in [2.45, 2.75) is 26.1 Å². The molecule has 2 aromatic rings. The molecule has 2 N–H and O–H groups in total. The molecule has 0 unspecified atom stereocenters. The van der Waals surface area contributed by atoms with Crippen LogP contribution in [0.25, 0.3) is 0 Å². The van der Waals surface area contributed by atoms with Gasteiger partial charge < -0.3 is 15.4 Å². The highest BCUT2D eigenvalue weighted by Crippen LogP contribution is 2.02. The molecule has 2 rings (SSSR count). The van der Waals surface area contributed by atoms with Crippen molar-refractivity contribution in [2.75, 3.05) is 6.61 Å². The Morgan fingerprint density at radius 1 is 1.04 bits per heavy atom. The molecule has 2 amide bonds. The maximum Gasteiger partial charge on any atom is 0.245 e. The molecular weight excluding hydrogens is 304 g/mol. The first-order chi connectivity index (χ1) is 12.2. The van der Waals surface area contributed by atoms with Crippen LogP contribution in [0.1, 0.15) is 19.4 Å². The molecule has 0 heterocycles. The molecule has 5 nitrogen and oxygen atoms in total. The van der Waals surface area contributed by atoms with Crippen molar-refractivity contribution in [2.24, 2.45) is 0 Å². The zero-order chi connectivity index (χ0) is 17.9. The number of carbonyl (C=O) groups excluding carboxylic acids is 2. The predicted molar refractivity (Wildman–Crippen MR) is 92.0 cm³/mol. The molecule has 0 spiro atoms. The molecule has 0 aromatic heterocycles. The quantitative estimate of drug-likeness (QED) is 0.779. The van der Waals surface area contributed by atoms with Crippen LogP contribution in [0.15, 0.2) is 60.7 Å². The number of rotatable bonds is 8. The minimum absolute atomic E-state index is 0.0429. The zero-order valence-corrected chi connectivity index (χ0v) is 13.4. The van der Waals surface area contributed by atoms with Crippen LogP contribution in [-0.4, -0.2) is 24.5 Å². The van der Waals surface area contributed by atoms with E-state index in [1.54, 1.807) is 0 Å². The van der Waals surface area contributed by atoms with Gasteiger partial charge in [-0.2, -0.15) is 0 Å². The van der Waals surface area contributed by atoms with Crippen LogP contribution in [-0.2, 0) is 27.5 Å². The molecule has 24 heavy (non-hydrogen) atoms. The molecule has 0 saturated heterocycles. The second kappa shape index (κ2) is 9.47. The Balaban J connectivity index is 1.87. The smallest absolute Gasteiger partial charge is 0.245 e. The van der Waals surface area contributed by atoms with E-state index in [2.05, 4.69) is 10.6 Å². The van der Waals surface area contributed by atoms with E-state index < -0.39 is 18.8 Å². The molecule has 1 atom stereocenters. The third-order valence-corrected chi connectivity index (χ3v) is 3.36. The van der Waals surface area contributed by atoms with Gasteiger partial charge in [-0.25, -0.2) is 0 Å². The summed E-state index contributed by atoms with van der Waals surface area (Å²) in [6.45, 7) is 0.327. The lowest BCUT2D eigenvalue weighted by atomic mass is 10.2. The van der Waals surface area contributed by atoms with Gasteiger partial charge in [-0.3, -0.25) is 9.59 Å². The third kappa shape index (κ3) is 6.22. The van der Waals surface area contributed by atoms with Crippen molar-refractivity contribution < 1.29 is 15.7 Å². The highest BCUT2D eigenvalue weighted by atomic mass is 16.5. The number of carbonyl (C=O) groups is 2. The average molecular weight is 327 g/mol. The number of nitrogens with one attached hydrogen (secondary N) is 2. The van der Waals surface area contributed by atoms with Gasteiger partial charge in [0.05, 0.1) is 13.2 Å². The molecule has 2 aromatic carbocycles. The van der Waals surface area contributed by atoms with Crippen LogP contribution in [0.4, 0.5) is 0 Å². The van der Waals surface area contributed by atoms with Crippen LogP contribution >= 0.6 is 0 Å². The Hall–Kier alpha value is -2.66. The Bertz CT molecular complexity index is 665. The molecule has 0 bridgehead atoms. The van der Waals surface area contributed by atoms with E-state index >= 15 is 0 Å². The summed E-state index contributed by atoms with van der Waals surface area (Å²) >= 11 is 0. The molecule has 126 valence electrons. The first kappa shape index (κ1) is 16.2. The largest absolute Gasteiger partial charge is 0.374 e. The normalized spacial score (nSPS) is 12.1. The van der Waals surface area contributed by atoms with Crippen molar-refractivity contribution >= 4 is 11.8 Å². The topological polar surface area (TPSA) is 67.4 Å². The van der Waals surface area contributed by atoms with Gasteiger partial charge in [-0.05, 0) is 11.1 Å². The predicted octanol–water partition coefficient (Wildman–Crippen LogP) is 2.02. The number of benzene rings is 2. The van der Waals surface area contributed by atoms with Crippen LogP contribution < -0.4 is 10.6 Å². The summed E-state index contributed by atoms with van der Waals surface area (Å²) in [5, 5.41) is 5.31. The standard InChI is InChI=1S/C19H22N2O3/c1-15(22)21-18(14-24-13-17-10-6-3-7-11-17)19(23)20-12-16-8-4-2-5-9-16/h2-11,18H,12-14H2,1H3,(H,20,23)(H,21,22)/t18-/m0/s1/i1D. The second-order valence-electron chi connectivity index (χ2n) is 5.32. The highest BCUT2D eigenvalue weighted by molar-refractivity contribution is 5.86. The van der Waals surface area contributed by atoms with E-state index in [4.69, 9.17) is 6.11 Å². The van der Waals surface area contributed by atoms with Crippen LogP contribution in [0, 0.1) is 0 Å². The van der Waals surface area contributed by atoms with Crippen molar-refractivity contribution in [1.29, 1.82) is 0 Å². The van der Waals surface area contributed by atoms with Gasteiger partial charge in [0.15, 0.2) is 0 Å². The molecular formula is C19H22N2O3. The lowest BCUT2D eigenvalue weighted by Gasteiger charge is -2.18. The molecule has 0 aliphatic heterocycles. The number of hydrogen-bond donors (Lipinski definition) is 2. The summed E-state index contributed by atoms with van der Waals surface area (Å²) in [5.74, 6) is -0.845. The fraction of sp³-hybridized carbons (Fsp3) is 0.263. The second-order valence-corrected chi connectivity index (χ2v) is 5.32. The van der Waals surface area contributed by atoms with E-state index in [0.717, 1.165) is 11.1 Å². The van der Waals surface area contributed by atoms with Crippen LogP contribution in [0.5, 0.6) is 0 Å². The summed E-state index contributed by atoms with van der Waals surface area (Å²) < 4.78 is 12.7. The molecule has 0 aliphatic carbocycles. The van der Waals surface area contributed by atoms with Crippen molar-refractivity contribution in [1.82, 2.24) is 10.6 Å². The van der Waals surface area contributed by atoms with Crippen molar-refractivity contribution in [3.05, 3.63) is 71.8 Å². The van der Waals surface area contributed by atoms with E-state index in [-0.39, 0.29) is 12.5 Å². The van der Waals surface area contributed by atoms with Crippen LogP contribution in [0.3, 0.4) is 0 Å². The van der Waals surface area contributed by atoms with Gasteiger partial charge in [-0.1, -0.05) is 60.7 Å². The van der Waals surface area contributed by atoms with Gasteiger partial charge in [0, 0.05) is 14.8 Å². The van der Waals surface area contributed by atoms with Gasteiger partial charge in [-0.15, -0.1) is 0 Å². The van der Waals surface area contributed by atoms with E-state index in [9.17, 15) is 9.59 Å². The lowest BCUT2D eigenvalue weighted by molar-refractivity contribution is -0.130. The van der Waals surface area contributed by atoms with Gasteiger partial charge in [0.25, 0.3) is 0 Å². The minimum atomic E-state index is -0.828. The zero-order valence-electron chi connectivity index (χ0n) is 14.4. The monoisotopic (exact) mass is 327 g/mol. The maximum absolute atomic E-state index is 12.3. The maximum atomic E-state index is 12.3. The molecule has 0 radical (unpaired) electrons. The number of ether oxygens (including phenoxy) is 1. The molecule has 0 aliphatic rings. The summed E-state index contributed by atoms with van der Waals surface area (Å²) in [7, 11) is 0. The van der Waals surface area contributed by atoms with E-state index in [1.807, 2.05) is 60.7 Å². The fourth-order valence-electron chi connectivity index (χ4n) is 2.15. The summed E-state index contributed by atoms with van der Waals surface area (Å²) in [4.78, 5) is 23.8. The number of hydrogen-bond acceptors (Lipinski definition) is 3. The molecule has 0 saturated carbocycles. The highest BCUT2D eigenvalue weighted by Gasteiger charge is 2.19. The van der Waals surface area contributed by atoms with Crippen molar-refractivity contribution in [3.63, 3.8) is 0 Å².